The summed E-state index contributed by atoms with van der Waals surface area (Å²) < 4.78 is 0. The smallest absolute Gasteiger partial charge is 0.308 e. The fraction of sp³-hybridized carbons (Fsp3) is 0.286. The molecule has 3 rings (SSSR count). The number of anilines is 2. The second-order valence-electron chi connectivity index (χ2n) is 7.63. The van der Waals surface area contributed by atoms with Crippen LogP contribution in [0.1, 0.15) is 43.2 Å². The molecule has 6 heteroatoms. The molecular formula is C21H25N5O. The number of urea groups is 1. The van der Waals surface area contributed by atoms with Gasteiger partial charge in [0.05, 0.1) is 5.69 Å². The summed E-state index contributed by atoms with van der Waals surface area (Å²) in [5.41, 5.74) is 4.92. The van der Waals surface area contributed by atoms with Crippen molar-refractivity contribution in [1.29, 1.82) is 0 Å². The molecule has 0 radical (unpaired) electrons. The van der Waals surface area contributed by atoms with Crippen LogP contribution in [0.4, 0.5) is 16.3 Å². The summed E-state index contributed by atoms with van der Waals surface area (Å²) in [4.78, 5) is 16.3. The Labute approximate surface area is 159 Å². The van der Waals surface area contributed by atoms with Gasteiger partial charge in [0.25, 0.3) is 0 Å². The van der Waals surface area contributed by atoms with Crippen molar-refractivity contribution in [1.82, 2.24) is 15.2 Å². The standard InChI is InChI=1S/C21H25N5O/c1-14-18(21(2,3)4)25-26-19(14)24-20(27)23-17-7-5-15(6-8-17)13-16-9-11-22-12-10-16/h5-12H,13H2,1-4H3,(H3,23,24,25,26,27). The molecular weight excluding hydrogens is 338 g/mol. The van der Waals surface area contributed by atoms with Gasteiger partial charge in [-0.1, -0.05) is 32.9 Å². The number of benzene rings is 1. The molecule has 2 aromatic heterocycles. The predicted molar refractivity (Wildman–Crippen MR) is 108 cm³/mol. The third kappa shape index (κ3) is 4.73. The number of amides is 2. The fourth-order valence-corrected chi connectivity index (χ4v) is 2.97. The quantitative estimate of drug-likeness (QED) is 0.631. The van der Waals surface area contributed by atoms with Crippen molar-refractivity contribution >= 4 is 17.5 Å². The Morgan fingerprint density at radius 2 is 1.63 bits per heavy atom. The van der Waals surface area contributed by atoms with E-state index in [-0.39, 0.29) is 11.4 Å². The molecule has 0 aliphatic rings. The van der Waals surface area contributed by atoms with Crippen molar-refractivity contribution in [2.24, 2.45) is 0 Å². The van der Waals surface area contributed by atoms with E-state index in [9.17, 15) is 4.79 Å². The first kappa shape index (κ1) is 18.6. The van der Waals surface area contributed by atoms with E-state index in [0.29, 0.717) is 5.82 Å². The second kappa shape index (κ2) is 7.61. The first-order valence-corrected chi connectivity index (χ1v) is 8.94. The highest BCUT2D eigenvalue weighted by Gasteiger charge is 2.22. The summed E-state index contributed by atoms with van der Waals surface area (Å²) in [5, 5.41) is 12.9. The third-order valence-electron chi connectivity index (χ3n) is 4.33. The molecule has 0 aliphatic heterocycles. The maximum Gasteiger partial charge on any atom is 0.324 e. The van der Waals surface area contributed by atoms with Crippen molar-refractivity contribution in [3.8, 4) is 0 Å². The van der Waals surface area contributed by atoms with Gasteiger partial charge in [0.15, 0.2) is 0 Å². The lowest BCUT2D eigenvalue weighted by atomic mass is 9.90. The summed E-state index contributed by atoms with van der Waals surface area (Å²) in [6.45, 7) is 8.22. The van der Waals surface area contributed by atoms with Crippen molar-refractivity contribution < 1.29 is 4.79 Å². The van der Waals surface area contributed by atoms with Gasteiger partial charge in [0.1, 0.15) is 5.82 Å². The number of carbonyl (C=O) groups is 1. The normalized spacial score (nSPS) is 11.3. The zero-order valence-electron chi connectivity index (χ0n) is 16.1. The average molecular weight is 363 g/mol. The van der Waals surface area contributed by atoms with Gasteiger partial charge in [0.2, 0.25) is 0 Å². The van der Waals surface area contributed by atoms with E-state index in [4.69, 9.17) is 0 Å². The van der Waals surface area contributed by atoms with Gasteiger partial charge in [-0.2, -0.15) is 5.10 Å². The minimum Gasteiger partial charge on any atom is -0.308 e. The van der Waals surface area contributed by atoms with Crippen molar-refractivity contribution in [3.05, 3.63) is 71.2 Å². The van der Waals surface area contributed by atoms with Crippen LogP contribution in [-0.2, 0) is 11.8 Å². The first-order chi connectivity index (χ1) is 12.8. The fourth-order valence-electron chi connectivity index (χ4n) is 2.97. The van der Waals surface area contributed by atoms with E-state index >= 15 is 0 Å². The van der Waals surface area contributed by atoms with Crippen LogP contribution < -0.4 is 10.6 Å². The van der Waals surface area contributed by atoms with Crippen LogP contribution in [0.2, 0.25) is 0 Å². The Morgan fingerprint density at radius 1 is 1.00 bits per heavy atom. The van der Waals surface area contributed by atoms with Crippen molar-refractivity contribution in [2.75, 3.05) is 10.6 Å². The maximum absolute atomic E-state index is 12.3. The number of carbonyl (C=O) groups excluding carboxylic acids is 1. The molecule has 3 N–H and O–H groups in total. The second-order valence-corrected chi connectivity index (χ2v) is 7.63. The maximum atomic E-state index is 12.3. The molecule has 0 spiro atoms. The molecule has 0 fully saturated rings. The van der Waals surface area contributed by atoms with E-state index in [1.807, 2.05) is 43.3 Å². The average Bonchev–Trinajstić information content (AvgIpc) is 2.98. The largest absolute Gasteiger partial charge is 0.324 e. The van der Waals surface area contributed by atoms with Crippen LogP contribution in [0, 0.1) is 6.92 Å². The first-order valence-electron chi connectivity index (χ1n) is 8.94. The number of rotatable bonds is 4. The summed E-state index contributed by atoms with van der Waals surface area (Å²) >= 11 is 0. The van der Waals surface area contributed by atoms with Gasteiger partial charge in [-0.15, -0.1) is 0 Å². The molecule has 0 saturated carbocycles. The van der Waals surface area contributed by atoms with E-state index in [1.165, 1.54) is 11.1 Å². The number of hydrogen-bond donors (Lipinski definition) is 3. The molecule has 0 bridgehead atoms. The summed E-state index contributed by atoms with van der Waals surface area (Å²) in [6, 6.07) is 11.5. The SMILES string of the molecule is Cc1c(C(C)(C)C)n[nH]c1NC(=O)Nc1ccc(Cc2ccncc2)cc1. The summed E-state index contributed by atoms with van der Waals surface area (Å²) in [6.07, 6.45) is 4.41. The van der Waals surface area contributed by atoms with Gasteiger partial charge < -0.3 is 5.32 Å². The van der Waals surface area contributed by atoms with Gasteiger partial charge in [0, 0.05) is 29.1 Å². The lowest BCUT2D eigenvalue weighted by molar-refractivity contribution is 0.262. The molecule has 27 heavy (non-hydrogen) atoms. The van der Waals surface area contributed by atoms with E-state index < -0.39 is 0 Å². The number of nitrogens with one attached hydrogen (secondary N) is 3. The van der Waals surface area contributed by atoms with Gasteiger partial charge in [-0.3, -0.25) is 15.4 Å². The highest BCUT2D eigenvalue weighted by atomic mass is 16.2. The Hall–Kier alpha value is -3.15. The number of aromatic amines is 1. The number of hydrogen-bond acceptors (Lipinski definition) is 3. The van der Waals surface area contributed by atoms with Gasteiger partial charge in [-0.25, -0.2) is 4.79 Å². The lowest BCUT2D eigenvalue weighted by Crippen LogP contribution is -2.20. The summed E-state index contributed by atoms with van der Waals surface area (Å²) in [5.74, 6) is 0.617. The molecule has 2 amide bonds. The minimum atomic E-state index is -0.302. The zero-order chi connectivity index (χ0) is 19.4. The molecule has 140 valence electrons. The highest BCUT2D eigenvalue weighted by molar-refractivity contribution is 5.99. The van der Waals surface area contributed by atoms with E-state index in [1.54, 1.807) is 12.4 Å². The van der Waals surface area contributed by atoms with E-state index in [2.05, 4.69) is 46.6 Å². The zero-order valence-corrected chi connectivity index (χ0v) is 16.1. The molecule has 2 heterocycles. The topological polar surface area (TPSA) is 82.7 Å². The van der Waals surface area contributed by atoms with Gasteiger partial charge >= 0.3 is 6.03 Å². The van der Waals surface area contributed by atoms with Crippen LogP contribution >= 0.6 is 0 Å². The number of nitrogens with zero attached hydrogens (tertiary/aromatic N) is 2. The third-order valence-corrected chi connectivity index (χ3v) is 4.33. The molecule has 3 aromatic rings. The Morgan fingerprint density at radius 3 is 2.22 bits per heavy atom. The van der Waals surface area contributed by atoms with Crippen molar-refractivity contribution in [2.45, 2.75) is 39.5 Å². The number of H-pyrrole nitrogens is 1. The minimum absolute atomic E-state index is 0.0817. The monoisotopic (exact) mass is 363 g/mol. The number of aromatic nitrogens is 3. The molecule has 0 saturated heterocycles. The van der Waals surface area contributed by atoms with E-state index in [0.717, 1.165) is 23.4 Å². The number of pyridine rings is 1. The van der Waals surface area contributed by atoms with Crippen LogP contribution in [0.5, 0.6) is 0 Å². The Bertz CT molecular complexity index is 908. The van der Waals surface area contributed by atoms with Crippen LogP contribution in [0.3, 0.4) is 0 Å². The van der Waals surface area contributed by atoms with Crippen LogP contribution in [0.25, 0.3) is 0 Å². The summed E-state index contributed by atoms with van der Waals surface area (Å²) in [7, 11) is 0. The molecule has 0 unspecified atom stereocenters. The predicted octanol–water partition coefficient (Wildman–Crippen LogP) is 4.65. The van der Waals surface area contributed by atoms with Crippen molar-refractivity contribution in [3.63, 3.8) is 0 Å². The molecule has 0 atom stereocenters. The molecule has 0 aliphatic carbocycles. The Kier molecular flexibility index (Phi) is 5.26. The Balaban J connectivity index is 1.61. The highest BCUT2D eigenvalue weighted by Crippen LogP contribution is 2.27. The molecule has 1 aromatic carbocycles. The van der Waals surface area contributed by atoms with Crippen LogP contribution in [0.15, 0.2) is 48.8 Å². The van der Waals surface area contributed by atoms with Crippen LogP contribution in [-0.4, -0.2) is 21.2 Å². The molecule has 6 nitrogen and oxygen atoms in total. The lowest BCUT2D eigenvalue weighted by Gasteiger charge is -2.16. The van der Waals surface area contributed by atoms with Gasteiger partial charge in [-0.05, 0) is 48.7 Å².